The second kappa shape index (κ2) is 9.10. The fourth-order valence-corrected chi connectivity index (χ4v) is 4.30. The molecule has 5 rings (SSSR count). The van der Waals surface area contributed by atoms with Crippen LogP contribution in [0.15, 0.2) is 54.6 Å². The molecular weight excluding hydrogens is 400 g/mol. The van der Waals surface area contributed by atoms with Crippen LogP contribution in [0, 0.1) is 6.92 Å². The average Bonchev–Trinajstić information content (AvgIpc) is 3.21. The minimum Gasteiger partial charge on any atom is -0.379 e. The number of aryl methyl sites for hydroxylation is 1. The van der Waals surface area contributed by atoms with E-state index in [1.54, 1.807) is 0 Å². The molecule has 0 spiro atoms. The van der Waals surface area contributed by atoms with Crippen molar-refractivity contribution in [2.24, 2.45) is 0 Å². The number of nitrogens with one attached hydrogen (secondary N) is 2. The Bertz CT molecular complexity index is 1240. The van der Waals surface area contributed by atoms with E-state index in [2.05, 4.69) is 58.5 Å². The molecule has 1 aliphatic heterocycles. The van der Waals surface area contributed by atoms with Gasteiger partial charge in [0.2, 0.25) is 0 Å². The van der Waals surface area contributed by atoms with Crippen molar-refractivity contribution < 1.29 is 9.53 Å². The monoisotopic (exact) mass is 428 g/mol. The van der Waals surface area contributed by atoms with Crippen LogP contribution < -0.4 is 5.32 Å². The Kier molecular flexibility index (Phi) is 5.88. The highest BCUT2D eigenvalue weighted by Gasteiger charge is 2.17. The standard InChI is InChI=1S/C26H28N4O2/c1-18-7-9-19(10-8-18)24-25-21(20-5-2-3-6-22(20)28-25)17-23(29-24)26(31)27-11-4-12-30-13-15-32-16-14-30/h2-3,5-10,17,28H,4,11-16H2,1H3,(H,27,31). The summed E-state index contributed by atoms with van der Waals surface area (Å²) in [5.41, 5.74) is 5.44. The Balaban J connectivity index is 1.42. The first kappa shape index (κ1) is 20.7. The molecule has 4 aromatic rings. The van der Waals surface area contributed by atoms with E-state index in [1.807, 2.05) is 18.2 Å². The van der Waals surface area contributed by atoms with E-state index in [1.165, 1.54) is 5.56 Å². The second-order valence-electron chi connectivity index (χ2n) is 8.38. The number of aromatic nitrogens is 2. The van der Waals surface area contributed by atoms with E-state index in [4.69, 9.17) is 9.72 Å². The normalized spacial score (nSPS) is 14.8. The third-order valence-electron chi connectivity index (χ3n) is 6.09. The van der Waals surface area contributed by atoms with Gasteiger partial charge in [0.05, 0.1) is 24.4 Å². The molecule has 0 aliphatic carbocycles. The van der Waals surface area contributed by atoms with Crippen molar-refractivity contribution in [2.45, 2.75) is 13.3 Å². The van der Waals surface area contributed by atoms with Crippen molar-refractivity contribution in [3.63, 3.8) is 0 Å². The maximum Gasteiger partial charge on any atom is 0.269 e. The molecule has 2 aromatic carbocycles. The number of fused-ring (bicyclic) bond motifs is 3. The predicted molar refractivity (Wildman–Crippen MR) is 128 cm³/mol. The molecule has 0 radical (unpaired) electrons. The van der Waals surface area contributed by atoms with Crippen LogP contribution in [0.5, 0.6) is 0 Å². The number of pyridine rings is 1. The number of hydrogen-bond acceptors (Lipinski definition) is 4. The summed E-state index contributed by atoms with van der Waals surface area (Å²) in [6, 6.07) is 18.3. The average molecular weight is 429 g/mol. The lowest BCUT2D eigenvalue weighted by Crippen LogP contribution is -2.38. The zero-order valence-electron chi connectivity index (χ0n) is 18.4. The molecular formula is C26H28N4O2. The molecule has 3 heterocycles. The quantitative estimate of drug-likeness (QED) is 0.453. The number of morpholine rings is 1. The molecule has 164 valence electrons. The van der Waals surface area contributed by atoms with Gasteiger partial charge in [-0.05, 0) is 32.0 Å². The summed E-state index contributed by atoms with van der Waals surface area (Å²) in [7, 11) is 0. The van der Waals surface area contributed by atoms with E-state index in [-0.39, 0.29) is 5.91 Å². The zero-order valence-corrected chi connectivity index (χ0v) is 18.4. The summed E-state index contributed by atoms with van der Waals surface area (Å²) in [5, 5.41) is 5.18. The molecule has 0 atom stereocenters. The summed E-state index contributed by atoms with van der Waals surface area (Å²) in [4.78, 5) is 23.7. The fraction of sp³-hybridized carbons (Fsp3) is 0.308. The highest BCUT2D eigenvalue weighted by atomic mass is 16.5. The molecule has 0 bridgehead atoms. The molecule has 2 N–H and O–H groups in total. The summed E-state index contributed by atoms with van der Waals surface area (Å²) in [6.45, 7) is 7.18. The van der Waals surface area contributed by atoms with Gasteiger partial charge in [0.1, 0.15) is 5.69 Å². The van der Waals surface area contributed by atoms with Gasteiger partial charge in [-0.3, -0.25) is 9.69 Å². The Hall–Kier alpha value is -3.22. The van der Waals surface area contributed by atoms with E-state index in [0.717, 1.165) is 72.3 Å². The molecule has 6 heteroatoms. The van der Waals surface area contributed by atoms with Crippen LogP contribution in [0.1, 0.15) is 22.5 Å². The molecule has 0 saturated carbocycles. The summed E-state index contributed by atoms with van der Waals surface area (Å²) >= 11 is 0. The van der Waals surface area contributed by atoms with Crippen molar-refractivity contribution >= 4 is 27.7 Å². The molecule has 1 fully saturated rings. The lowest BCUT2D eigenvalue weighted by molar-refractivity contribution is 0.0374. The van der Waals surface area contributed by atoms with E-state index in [0.29, 0.717) is 12.2 Å². The Morgan fingerprint density at radius 3 is 2.69 bits per heavy atom. The van der Waals surface area contributed by atoms with Crippen LogP contribution in [0.3, 0.4) is 0 Å². The van der Waals surface area contributed by atoms with Gasteiger partial charge in [0, 0.05) is 41.5 Å². The largest absolute Gasteiger partial charge is 0.379 e. The number of H-pyrrole nitrogens is 1. The van der Waals surface area contributed by atoms with Gasteiger partial charge in [-0.2, -0.15) is 0 Å². The Morgan fingerprint density at radius 1 is 1.09 bits per heavy atom. The molecule has 0 unspecified atom stereocenters. The molecule has 32 heavy (non-hydrogen) atoms. The number of ether oxygens (including phenoxy) is 1. The Labute approximate surface area is 187 Å². The van der Waals surface area contributed by atoms with Crippen molar-refractivity contribution in [2.75, 3.05) is 39.4 Å². The van der Waals surface area contributed by atoms with Gasteiger partial charge in [-0.15, -0.1) is 0 Å². The first-order valence-corrected chi connectivity index (χ1v) is 11.3. The van der Waals surface area contributed by atoms with Crippen LogP contribution in [-0.4, -0.2) is 60.2 Å². The molecule has 1 aliphatic rings. The van der Waals surface area contributed by atoms with Crippen molar-refractivity contribution in [1.29, 1.82) is 0 Å². The van der Waals surface area contributed by atoms with Gasteiger partial charge < -0.3 is 15.0 Å². The highest BCUT2D eigenvalue weighted by molar-refractivity contribution is 6.13. The smallest absolute Gasteiger partial charge is 0.269 e. The first-order chi connectivity index (χ1) is 15.7. The zero-order chi connectivity index (χ0) is 21.9. The fourth-order valence-electron chi connectivity index (χ4n) is 4.30. The maximum atomic E-state index is 13.0. The number of benzene rings is 2. The van der Waals surface area contributed by atoms with Crippen LogP contribution in [-0.2, 0) is 4.74 Å². The number of hydrogen-bond donors (Lipinski definition) is 2. The number of rotatable bonds is 6. The molecule has 1 amide bonds. The molecule has 2 aromatic heterocycles. The molecule has 1 saturated heterocycles. The van der Waals surface area contributed by atoms with Gasteiger partial charge in [-0.25, -0.2) is 4.98 Å². The minimum atomic E-state index is -0.132. The van der Waals surface area contributed by atoms with E-state index >= 15 is 0 Å². The number of nitrogens with zero attached hydrogens (tertiary/aromatic N) is 2. The minimum absolute atomic E-state index is 0.132. The van der Waals surface area contributed by atoms with Crippen LogP contribution in [0.25, 0.3) is 33.1 Å². The van der Waals surface area contributed by atoms with E-state index < -0.39 is 0 Å². The van der Waals surface area contributed by atoms with Crippen LogP contribution in [0.2, 0.25) is 0 Å². The lowest BCUT2D eigenvalue weighted by Gasteiger charge is -2.26. The third kappa shape index (κ3) is 4.24. The van der Waals surface area contributed by atoms with Crippen molar-refractivity contribution in [3.05, 3.63) is 65.9 Å². The van der Waals surface area contributed by atoms with Crippen molar-refractivity contribution in [1.82, 2.24) is 20.2 Å². The number of carbonyl (C=O) groups excluding carboxylic acids is 1. The van der Waals surface area contributed by atoms with E-state index in [9.17, 15) is 4.79 Å². The van der Waals surface area contributed by atoms with Crippen molar-refractivity contribution in [3.8, 4) is 11.3 Å². The number of amides is 1. The summed E-state index contributed by atoms with van der Waals surface area (Å²) in [6.07, 6.45) is 0.909. The van der Waals surface area contributed by atoms with Gasteiger partial charge in [-0.1, -0.05) is 48.0 Å². The third-order valence-corrected chi connectivity index (χ3v) is 6.09. The summed E-state index contributed by atoms with van der Waals surface area (Å²) in [5.74, 6) is -0.132. The van der Waals surface area contributed by atoms with Crippen LogP contribution >= 0.6 is 0 Å². The maximum absolute atomic E-state index is 13.0. The SMILES string of the molecule is Cc1ccc(-c2nc(C(=O)NCCCN3CCOCC3)cc3c2[nH]c2ccccc23)cc1. The lowest BCUT2D eigenvalue weighted by atomic mass is 10.1. The summed E-state index contributed by atoms with van der Waals surface area (Å²) < 4.78 is 5.39. The highest BCUT2D eigenvalue weighted by Crippen LogP contribution is 2.32. The number of aromatic amines is 1. The Morgan fingerprint density at radius 2 is 1.88 bits per heavy atom. The number of para-hydroxylation sites is 1. The first-order valence-electron chi connectivity index (χ1n) is 11.3. The van der Waals surface area contributed by atoms with Gasteiger partial charge in [0.15, 0.2) is 0 Å². The molecule has 6 nitrogen and oxygen atoms in total. The van der Waals surface area contributed by atoms with Crippen LogP contribution in [0.4, 0.5) is 0 Å². The van der Waals surface area contributed by atoms with Gasteiger partial charge in [0.25, 0.3) is 5.91 Å². The topological polar surface area (TPSA) is 70.2 Å². The van der Waals surface area contributed by atoms with Gasteiger partial charge >= 0.3 is 0 Å². The number of carbonyl (C=O) groups is 1. The predicted octanol–water partition coefficient (Wildman–Crippen LogP) is 4.14. The second-order valence-corrected chi connectivity index (χ2v) is 8.38.